The average Bonchev–Trinajstić information content (AvgIpc) is 3.34. The third-order valence-electron chi connectivity index (χ3n) is 5.53. The molecule has 0 fully saturated rings. The lowest BCUT2D eigenvalue weighted by molar-refractivity contribution is -0.122. The smallest absolute Gasteiger partial charge is 0.335 e. The van der Waals surface area contributed by atoms with Gasteiger partial charge in [0.2, 0.25) is 5.89 Å². The number of carboxylic acid groups (broad SMARTS) is 2. The number of pyridine rings is 2. The molecule has 204 valence electrons. The molecule has 11 nitrogen and oxygen atoms in total. The zero-order valence-corrected chi connectivity index (χ0v) is 21.8. The van der Waals surface area contributed by atoms with Crippen molar-refractivity contribution in [3.8, 4) is 17.2 Å². The second kappa shape index (κ2) is 13.3. The SMILES string of the molecule is Cc1ccc2nc(-c3cccnc3C)oc2c1.Cc1ncccc1C(=O)Nc1ccc(C(=O)O)cc1O.O=CO. The number of oxazole rings is 1. The highest BCUT2D eigenvalue weighted by atomic mass is 16.4. The van der Waals surface area contributed by atoms with Gasteiger partial charge in [0, 0.05) is 23.8 Å². The summed E-state index contributed by atoms with van der Waals surface area (Å²) in [6.07, 6.45) is 3.34. The number of benzene rings is 2. The van der Waals surface area contributed by atoms with E-state index in [4.69, 9.17) is 19.4 Å². The highest BCUT2D eigenvalue weighted by Gasteiger charge is 2.13. The molecule has 0 aliphatic rings. The van der Waals surface area contributed by atoms with Crippen molar-refractivity contribution in [1.29, 1.82) is 0 Å². The molecule has 0 radical (unpaired) electrons. The van der Waals surface area contributed by atoms with E-state index in [-0.39, 0.29) is 23.5 Å². The number of hydrogen-bond donors (Lipinski definition) is 4. The number of fused-ring (bicyclic) bond motifs is 1. The number of phenols is 1. The van der Waals surface area contributed by atoms with Gasteiger partial charge in [-0.3, -0.25) is 19.6 Å². The van der Waals surface area contributed by atoms with Gasteiger partial charge in [-0.05, 0) is 80.9 Å². The fourth-order valence-corrected chi connectivity index (χ4v) is 3.54. The van der Waals surface area contributed by atoms with Gasteiger partial charge < -0.3 is 25.1 Å². The van der Waals surface area contributed by atoms with Crippen molar-refractivity contribution >= 4 is 35.1 Å². The lowest BCUT2D eigenvalue weighted by atomic mass is 10.1. The molecule has 0 bridgehead atoms. The molecule has 0 saturated carbocycles. The topological polar surface area (TPSA) is 176 Å². The van der Waals surface area contributed by atoms with Gasteiger partial charge in [-0.2, -0.15) is 0 Å². The molecule has 2 aromatic carbocycles. The van der Waals surface area contributed by atoms with Gasteiger partial charge in [0.25, 0.3) is 12.4 Å². The summed E-state index contributed by atoms with van der Waals surface area (Å²) in [5, 5.41) is 27.9. The number of rotatable bonds is 4. The summed E-state index contributed by atoms with van der Waals surface area (Å²) in [4.78, 5) is 43.9. The second-order valence-electron chi connectivity index (χ2n) is 8.36. The second-order valence-corrected chi connectivity index (χ2v) is 8.36. The van der Waals surface area contributed by atoms with Crippen molar-refractivity contribution in [3.05, 3.63) is 101 Å². The third-order valence-corrected chi connectivity index (χ3v) is 5.53. The number of carbonyl (C=O) groups is 3. The van der Waals surface area contributed by atoms with Crippen LogP contribution in [0.4, 0.5) is 5.69 Å². The van der Waals surface area contributed by atoms with Crippen molar-refractivity contribution < 1.29 is 34.1 Å². The summed E-state index contributed by atoms with van der Waals surface area (Å²) in [7, 11) is 0. The van der Waals surface area contributed by atoms with Gasteiger partial charge in [0.1, 0.15) is 11.3 Å². The fraction of sp³-hybridized carbons (Fsp3) is 0.103. The van der Waals surface area contributed by atoms with Crippen molar-refractivity contribution in [3.63, 3.8) is 0 Å². The normalized spacial score (nSPS) is 9.97. The molecule has 0 unspecified atom stereocenters. The number of anilines is 1. The number of phenolic OH excluding ortho intramolecular Hbond substituents is 1. The summed E-state index contributed by atoms with van der Waals surface area (Å²) in [6.45, 7) is 5.44. The number of amides is 1. The predicted molar refractivity (Wildman–Crippen MR) is 147 cm³/mol. The van der Waals surface area contributed by atoms with Crippen LogP contribution >= 0.6 is 0 Å². The predicted octanol–water partition coefficient (Wildman–Crippen LogP) is 5.25. The molecule has 40 heavy (non-hydrogen) atoms. The van der Waals surface area contributed by atoms with E-state index in [1.807, 2.05) is 44.2 Å². The zero-order valence-electron chi connectivity index (χ0n) is 21.8. The van der Waals surface area contributed by atoms with Crippen molar-refractivity contribution in [2.24, 2.45) is 0 Å². The maximum absolute atomic E-state index is 12.0. The van der Waals surface area contributed by atoms with Gasteiger partial charge in [-0.15, -0.1) is 0 Å². The van der Waals surface area contributed by atoms with Gasteiger partial charge >= 0.3 is 5.97 Å². The molecule has 3 aromatic heterocycles. The minimum absolute atomic E-state index is 0.0574. The number of carboxylic acids is 1. The molecule has 5 rings (SSSR count). The molecule has 1 amide bonds. The summed E-state index contributed by atoms with van der Waals surface area (Å²) >= 11 is 0. The number of hydrogen-bond acceptors (Lipinski definition) is 8. The maximum atomic E-state index is 12.0. The molecule has 3 heterocycles. The van der Waals surface area contributed by atoms with Crippen molar-refractivity contribution in [2.45, 2.75) is 20.8 Å². The lowest BCUT2D eigenvalue weighted by Gasteiger charge is -2.09. The van der Waals surface area contributed by atoms with E-state index < -0.39 is 11.9 Å². The zero-order chi connectivity index (χ0) is 29.2. The Hall–Kier alpha value is -5.58. The number of carbonyl (C=O) groups excluding carboxylic acids is 1. The number of nitrogens with one attached hydrogen (secondary N) is 1. The summed E-state index contributed by atoms with van der Waals surface area (Å²) < 4.78 is 5.76. The number of aromatic carboxylic acids is 1. The van der Waals surface area contributed by atoms with Gasteiger partial charge in [0.05, 0.1) is 22.4 Å². The summed E-state index contributed by atoms with van der Waals surface area (Å²) in [6, 6.07) is 16.8. The van der Waals surface area contributed by atoms with E-state index >= 15 is 0 Å². The molecule has 0 spiro atoms. The van der Waals surface area contributed by atoms with Crippen LogP contribution in [0.2, 0.25) is 0 Å². The Bertz CT molecular complexity index is 1660. The molecule has 0 atom stereocenters. The van der Waals surface area contributed by atoms with E-state index in [1.54, 1.807) is 31.5 Å². The van der Waals surface area contributed by atoms with E-state index in [2.05, 4.69) is 20.3 Å². The quantitative estimate of drug-likeness (QED) is 0.173. The van der Waals surface area contributed by atoms with Crippen LogP contribution in [0.5, 0.6) is 5.75 Å². The lowest BCUT2D eigenvalue weighted by Crippen LogP contribution is -2.14. The highest BCUT2D eigenvalue weighted by Crippen LogP contribution is 2.26. The first-order chi connectivity index (χ1) is 19.1. The van der Waals surface area contributed by atoms with Gasteiger partial charge in [-0.25, -0.2) is 9.78 Å². The van der Waals surface area contributed by atoms with E-state index in [1.165, 1.54) is 17.7 Å². The van der Waals surface area contributed by atoms with Crippen LogP contribution in [-0.2, 0) is 4.79 Å². The van der Waals surface area contributed by atoms with Crippen molar-refractivity contribution in [1.82, 2.24) is 15.0 Å². The van der Waals surface area contributed by atoms with Crippen LogP contribution in [0.1, 0.15) is 37.7 Å². The Kier molecular flexibility index (Phi) is 9.63. The van der Waals surface area contributed by atoms with Crippen LogP contribution in [-0.4, -0.2) is 48.6 Å². The average molecular weight is 543 g/mol. The van der Waals surface area contributed by atoms with Crippen LogP contribution in [0.25, 0.3) is 22.6 Å². The minimum atomic E-state index is -1.15. The third kappa shape index (κ3) is 7.25. The molecule has 4 N–H and O–H groups in total. The Morgan fingerprint density at radius 1 is 0.925 bits per heavy atom. The first kappa shape index (κ1) is 29.0. The van der Waals surface area contributed by atoms with E-state index in [9.17, 15) is 14.7 Å². The first-order valence-corrected chi connectivity index (χ1v) is 11.8. The molecule has 0 saturated heterocycles. The molecular formula is C29H26N4O7. The molecular weight excluding hydrogens is 516 g/mol. The highest BCUT2D eigenvalue weighted by molar-refractivity contribution is 6.06. The summed E-state index contributed by atoms with van der Waals surface area (Å²) in [5.41, 5.74) is 5.78. The Morgan fingerprint density at radius 2 is 1.60 bits per heavy atom. The number of aryl methyl sites for hydroxylation is 3. The van der Waals surface area contributed by atoms with Crippen LogP contribution in [0, 0.1) is 20.8 Å². The van der Waals surface area contributed by atoms with Crippen LogP contribution in [0.15, 0.2) is 77.5 Å². The van der Waals surface area contributed by atoms with E-state index in [0.29, 0.717) is 17.1 Å². The van der Waals surface area contributed by atoms with Gasteiger partial charge in [-0.1, -0.05) is 6.07 Å². The number of nitrogens with zero attached hydrogens (tertiary/aromatic N) is 3. The monoisotopic (exact) mass is 542 g/mol. The van der Waals surface area contributed by atoms with Crippen LogP contribution in [0.3, 0.4) is 0 Å². The van der Waals surface area contributed by atoms with E-state index in [0.717, 1.165) is 28.4 Å². The molecule has 5 aromatic rings. The Balaban J connectivity index is 0.000000203. The minimum Gasteiger partial charge on any atom is -0.506 e. The van der Waals surface area contributed by atoms with Crippen molar-refractivity contribution in [2.75, 3.05) is 5.32 Å². The number of aromatic nitrogens is 3. The molecule has 0 aliphatic carbocycles. The largest absolute Gasteiger partial charge is 0.506 e. The van der Waals surface area contributed by atoms with Gasteiger partial charge in [0.15, 0.2) is 5.58 Å². The summed E-state index contributed by atoms with van der Waals surface area (Å²) in [5.74, 6) is -1.24. The first-order valence-electron chi connectivity index (χ1n) is 11.8. The molecule has 11 heteroatoms. The maximum Gasteiger partial charge on any atom is 0.335 e. The molecule has 0 aliphatic heterocycles. The Morgan fingerprint density at radius 3 is 2.23 bits per heavy atom. The fourth-order valence-electron chi connectivity index (χ4n) is 3.54. The number of aromatic hydroxyl groups is 1. The van der Waals surface area contributed by atoms with Crippen LogP contribution < -0.4 is 5.32 Å². The Labute approximate surface area is 228 Å². The standard InChI is InChI=1S/C14H12N2O4.C14H12N2O.CH2O2/c1-8-10(3-2-6-15-8)13(18)16-11-5-4-9(14(19)20)7-12(11)17;1-9-5-6-12-13(8-9)17-14(16-12)11-4-3-7-15-10(11)2;2-1-3/h2-7,17H,1H3,(H,16,18)(H,19,20);3-8H,1-2H3;1H,(H,2,3).